The molecule has 1 aromatic carbocycles. The Morgan fingerprint density at radius 3 is 2.42 bits per heavy atom. The Kier molecular flexibility index (Phi) is 7.04. The van der Waals surface area contributed by atoms with E-state index >= 15 is 0 Å². The van der Waals surface area contributed by atoms with E-state index in [1.165, 1.54) is 0 Å². The molecule has 0 saturated heterocycles. The van der Waals surface area contributed by atoms with Crippen LogP contribution in [0.3, 0.4) is 0 Å². The van der Waals surface area contributed by atoms with Gasteiger partial charge in [0.1, 0.15) is 5.66 Å². The predicted octanol–water partition coefficient (Wildman–Crippen LogP) is 3.43. The number of nitrogens with zero attached hydrogens (tertiary/aromatic N) is 1. The first-order valence-electron chi connectivity index (χ1n) is 8.35. The molecule has 0 saturated carbocycles. The highest BCUT2D eigenvalue weighted by Crippen LogP contribution is 2.64. The molecule has 0 amide bonds. The number of nitriles is 1. The first-order chi connectivity index (χ1) is 12.5. The van der Waals surface area contributed by atoms with Crippen LogP contribution in [0.5, 0.6) is 11.5 Å². The molecule has 8 nitrogen and oxygen atoms in total. The number of carbonyl (C=O) groups excluding carboxylic acids is 1. The summed E-state index contributed by atoms with van der Waals surface area (Å²) in [5, 5.41) is 9.61. The van der Waals surface area contributed by atoms with Crippen molar-refractivity contribution in [2.45, 2.75) is 26.4 Å². The number of esters is 1. The van der Waals surface area contributed by atoms with E-state index < -0.39 is 25.1 Å². The molecule has 0 spiro atoms. The highest BCUT2D eigenvalue weighted by Gasteiger charge is 2.47. The third-order valence-corrected chi connectivity index (χ3v) is 6.21. The van der Waals surface area contributed by atoms with Crippen molar-refractivity contribution in [2.75, 3.05) is 26.6 Å². The molecule has 26 heavy (non-hydrogen) atoms. The topological polar surface area (TPSA) is 104 Å². The van der Waals surface area contributed by atoms with Gasteiger partial charge < -0.3 is 23.3 Å². The van der Waals surface area contributed by atoms with E-state index in [2.05, 4.69) is 0 Å². The van der Waals surface area contributed by atoms with Crippen LogP contribution in [0.15, 0.2) is 18.2 Å². The number of hydrogen-bond acceptors (Lipinski definition) is 8. The van der Waals surface area contributed by atoms with Gasteiger partial charge in [-0.05, 0) is 38.5 Å². The number of carbonyl (C=O) groups is 1. The van der Waals surface area contributed by atoms with E-state index in [0.717, 1.165) is 0 Å². The second kappa shape index (κ2) is 9.04. The fourth-order valence-corrected chi connectivity index (χ4v) is 4.89. The summed E-state index contributed by atoms with van der Waals surface area (Å²) in [5.41, 5.74) is -0.736. The van der Waals surface area contributed by atoms with Gasteiger partial charge in [0, 0.05) is 0 Å². The number of fused-ring (bicyclic) bond motifs is 1. The van der Waals surface area contributed by atoms with Crippen molar-refractivity contribution in [1.29, 1.82) is 5.26 Å². The Morgan fingerprint density at radius 2 is 1.85 bits per heavy atom. The predicted molar refractivity (Wildman–Crippen MR) is 91.9 cm³/mol. The first kappa shape index (κ1) is 20.2. The molecule has 1 heterocycles. The molecule has 0 N–H and O–H groups in total. The summed E-state index contributed by atoms with van der Waals surface area (Å²) in [6, 6.07) is 6.73. The Hall–Kier alpha value is -2.07. The van der Waals surface area contributed by atoms with Gasteiger partial charge in [-0.3, -0.25) is 9.36 Å². The Balaban J connectivity index is 2.55. The second-order valence-corrected chi connectivity index (χ2v) is 7.44. The van der Waals surface area contributed by atoms with Gasteiger partial charge >= 0.3 is 13.6 Å². The van der Waals surface area contributed by atoms with E-state index in [1.54, 1.807) is 39.0 Å². The molecule has 0 aliphatic carbocycles. The molecule has 2 atom stereocenters. The summed E-state index contributed by atoms with van der Waals surface area (Å²) >= 11 is 0. The zero-order chi connectivity index (χ0) is 19.2. The van der Waals surface area contributed by atoms with Crippen molar-refractivity contribution < 1.29 is 32.6 Å². The van der Waals surface area contributed by atoms with Gasteiger partial charge in [0.25, 0.3) is 0 Å². The maximum absolute atomic E-state index is 13.4. The molecule has 1 aromatic rings. The van der Waals surface area contributed by atoms with Crippen molar-refractivity contribution in [2.24, 2.45) is 5.92 Å². The van der Waals surface area contributed by atoms with Gasteiger partial charge in [-0.1, -0.05) is 6.07 Å². The van der Waals surface area contributed by atoms with Crippen molar-refractivity contribution >= 4 is 13.6 Å². The average Bonchev–Trinajstić information content (AvgIpc) is 3.07. The summed E-state index contributed by atoms with van der Waals surface area (Å²) in [4.78, 5) is 12.3. The summed E-state index contributed by atoms with van der Waals surface area (Å²) in [6.07, 6.45) is 0. The lowest BCUT2D eigenvalue weighted by Gasteiger charge is -2.28. The first-order valence-corrected chi connectivity index (χ1v) is 9.96. The smallest absolute Gasteiger partial charge is 0.340 e. The summed E-state index contributed by atoms with van der Waals surface area (Å²) in [6.45, 7) is 5.31. The highest BCUT2D eigenvalue weighted by molar-refractivity contribution is 7.54. The molecular formula is C17H22NO7P. The van der Waals surface area contributed by atoms with Crippen LogP contribution < -0.4 is 9.47 Å². The largest absolute Gasteiger partial charge is 0.465 e. The zero-order valence-corrected chi connectivity index (χ0v) is 15.9. The maximum Gasteiger partial charge on any atom is 0.340 e. The third kappa shape index (κ3) is 4.18. The average molecular weight is 383 g/mol. The Labute approximate surface area is 152 Å². The fraction of sp³-hybridized carbons (Fsp3) is 0.529. The van der Waals surface area contributed by atoms with Crippen LogP contribution in [0, 0.1) is 17.2 Å². The fourth-order valence-electron chi connectivity index (χ4n) is 2.70. The molecule has 0 aromatic heterocycles. The molecule has 1 aliphatic rings. The van der Waals surface area contributed by atoms with E-state index in [9.17, 15) is 14.6 Å². The molecule has 142 valence electrons. The minimum absolute atomic E-state index is 0.0671. The number of hydrogen-bond donors (Lipinski definition) is 0. The summed E-state index contributed by atoms with van der Waals surface area (Å²) < 4.78 is 39.9. The minimum Gasteiger partial charge on any atom is -0.465 e. The van der Waals surface area contributed by atoms with Crippen molar-refractivity contribution in [1.82, 2.24) is 0 Å². The van der Waals surface area contributed by atoms with E-state index in [-0.39, 0.29) is 26.6 Å². The monoisotopic (exact) mass is 383 g/mol. The molecule has 9 heteroatoms. The molecular weight excluding hydrogens is 361 g/mol. The van der Waals surface area contributed by atoms with Crippen molar-refractivity contribution in [3.05, 3.63) is 23.8 Å². The molecule has 2 rings (SSSR count). The standard InChI is InChI=1S/C17H22NO7P/c1-4-21-17(19)13(10-18)16(26(20,24-5-2)25-6-3)12-7-8-14-15(9-12)23-11-22-14/h7-9,13,16H,4-6,11H2,1-3H3. The number of benzene rings is 1. The Morgan fingerprint density at radius 1 is 1.19 bits per heavy atom. The number of ether oxygens (including phenoxy) is 3. The van der Waals surface area contributed by atoms with Crippen LogP contribution in [0.2, 0.25) is 0 Å². The van der Waals surface area contributed by atoms with Gasteiger partial charge in [0.15, 0.2) is 17.4 Å². The lowest BCUT2D eigenvalue weighted by atomic mass is 9.99. The Bertz CT molecular complexity index is 720. The molecule has 0 bridgehead atoms. The van der Waals surface area contributed by atoms with E-state index in [1.807, 2.05) is 6.07 Å². The second-order valence-electron chi connectivity index (χ2n) is 5.29. The van der Waals surface area contributed by atoms with E-state index in [0.29, 0.717) is 17.1 Å². The number of rotatable bonds is 9. The van der Waals surface area contributed by atoms with Gasteiger partial charge in [0.2, 0.25) is 6.79 Å². The zero-order valence-electron chi connectivity index (χ0n) is 15.0. The quantitative estimate of drug-likeness (QED) is 0.472. The SMILES string of the molecule is CCOC(=O)C(C#N)C(c1ccc2c(c1)OCO2)P(=O)(OCC)OCC. The van der Waals surface area contributed by atoms with Crippen LogP contribution in [0.1, 0.15) is 32.0 Å². The highest BCUT2D eigenvalue weighted by atomic mass is 31.2. The van der Waals surface area contributed by atoms with Crippen LogP contribution in [0.25, 0.3) is 0 Å². The molecule has 0 radical (unpaired) electrons. The maximum atomic E-state index is 13.4. The summed E-state index contributed by atoms with van der Waals surface area (Å²) in [7, 11) is -3.85. The van der Waals surface area contributed by atoms with Crippen LogP contribution >= 0.6 is 7.60 Å². The van der Waals surface area contributed by atoms with Gasteiger partial charge in [-0.2, -0.15) is 5.26 Å². The molecule has 1 aliphatic heterocycles. The lowest BCUT2D eigenvalue weighted by molar-refractivity contribution is -0.146. The lowest BCUT2D eigenvalue weighted by Crippen LogP contribution is -2.25. The normalized spacial score (nSPS) is 15.2. The van der Waals surface area contributed by atoms with Gasteiger partial charge in [0.05, 0.1) is 25.9 Å². The van der Waals surface area contributed by atoms with Crippen LogP contribution in [-0.2, 0) is 23.1 Å². The molecule has 2 unspecified atom stereocenters. The van der Waals surface area contributed by atoms with Crippen molar-refractivity contribution in [3.63, 3.8) is 0 Å². The summed E-state index contributed by atoms with van der Waals surface area (Å²) in [5.74, 6) is -1.18. The van der Waals surface area contributed by atoms with E-state index in [4.69, 9.17) is 23.3 Å². The van der Waals surface area contributed by atoms with Crippen molar-refractivity contribution in [3.8, 4) is 17.6 Å². The van der Waals surface area contributed by atoms with Gasteiger partial charge in [-0.25, -0.2) is 0 Å². The van der Waals surface area contributed by atoms with Crippen LogP contribution in [0.4, 0.5) is 0 Å². The van der Waals surface area contributed by atoms with Gasteiger partial charge in [-0.15, -0.1) is 0 Å². The van der Waals surface area contributed by atoms with Crippen LogP contribution in [-0.4, -0.2) is 32.6 Å². The third-order valence-electron chi connectivity index (χ3n) is 3.69. The molecule has 0 fully saturated rings. The minimum atomic E-state index is -3.85.